The summed E-state index contributed by atoms with van der Waals surface area (Å²) in [5.74, 6) is 3.05. The van der Waals surface area contributed by atoms with Crippen LogP contribution in [0.3, 0.4) is 0 Å². The Labute approximate surface area is 108 Å². The smallest absolute Gasteiger partial charge is 0.136 e. The molecule has 1 aliphatic carbocycles. The Morgan fingerprint density at radius 2 is 2.00 bits per heavy atom. The highest BCUT2D eigenvalue weighted by Gasteiger charge is 2.28. The minimum atomic E-state index is -0.376. The second kappa shape index (κ2) is 5.10. The van der Waals surface area contributed by atoms with E-state index in [2.05, 4.69) is 20.6 Å². The first kappa shape index (κ1) is 13.1. The van der Waals surface area contributed by atoms with Crippen molar-refractivity contribution in [2.45, 2.75) is 45.1 Å². The molecule has 0 aliphatic heterocycles. The van der Waals surface area contributed by atoms with Gasteiger partial charge in [-0.05, 0) is 33.6 Å². The number of nitrogens with zero attached hydrogens (tertiary/aromatic N) is 2. The number of hydrogen-bond acceptors (Lipinski definition) is 5. The number of rotatable bonds is 6. The zero-order chi connectivity index (χ0) is 13.2. The summed E-state index contributed by atoms with van der Waals surface area (Å²) in [6.45, 7) is 6.83. The molecular formula is C13H22N4O. The van der Waals surface area contributed by atoms with Crippen LogP contribution in [0.25, 0.3) is 0 Å². The van der Waals surface area contributed by atoms with E-state index in [0.717, 1.165) is 24.0 Å². The number of aliphatic hydroxyl groups excluding tert-OH is 1. The third-order valence-electron chi connectivity index (χ3n) is 2.91. The maximum absolute atomic E-state index is 9.30. The quantitative estimate of drug-likeness (QED) is 0.720. The molecule has 1 aliphatic rings. The molecule has 1 aromatic heterocycles. The van der Waals surface area contributed by atoms with Crippen LogP contribution in [0, 0.1) is 0 Å². The van der Waals surface area contributed by atoms with Gasteiger partial charge in [0.2, 0.25) is 0 Å². The molecule has 0 unspecified atom stereocenters. The molecule has 0 atom stereocenters. The predicted octanol–water partition coefficient (Wildman–Crippen LogP) is 1.97. The Morgan fingerprint density at radius 3 is 2.56 bits per heavy atom. The van der Waals surface area contributed by atoms with E-state index in [4.69, 9.17) is 0 Å². The Hall–Kier alpha value is -1.36. The van der Waals surface area contributed by atoms with Crippen LogP contribution in [-0.4, -0.2) is 33.8 Å². The van der Waals surface area contributed by atoms with Gasteiger partial charge in [0.1, 0.15) is 17.5 Å². The van der Waals surface area contributed by atoms with E-state index in [1.165, 1.54) is 12.8 Å². The minimum absolute atomic E-state index is 0.0618. The number of anilines is 2. The van der Waals surface area contributed by atoms with E-state index in [0.29, 0.717) is 5.92 Å². The molecule has 0 amide bonds. The van der Waals surface area contributed by atoms with E-state index in [1.807, 2.05) is 26.8 Å². The second-order valence-corrected chi connectivity index (χ2v) is 5.47. The Morgan fingerprint density at radius 1 is 1.33 bits per heavy atom. The summed E-state index contributed by atoms with van der Waals surface area (Å²) in [6.07, 6.45) is 2.36. The fourth-order valence-electron chi connectivity index (χ4n) is 1.71. The van der Waals surface area contributed by atoms with Crippen LogP contribution in [0.5, 0.6) is 0 Å². The van der Waals surface area contributed by atoms with Crippen LogP contribution in [0.15, 0.2) is 6.07 Å². The average molecular weight is 250 g/mol. The van der Waals surface area contributed by atoms with Crippen LogP contribution >= 0.6 is 0 Å². The minimum Gasteiger partial charge on any atom is -0.394 e. The third-order valence-corrected chi connectivity index (χ3v) is 2.91. The summed E-state index contributed by atoms with van der Waals surface area (Å²) in [5, 5.41) is 15.8. The van der Waals surface area contributed by atoms with Gasteiger partial charge >= 0.3 is 0 Å². The standard InChI is InChI=1S/C13H22N4O/c1-4-14-10-7-11(17-13(2,3)8-18)16-12(15-10)9-5-6-9/h7,9,18H,4-6,8H2,1-3H3,(H2,14,15,16,17). The van der Waals surface area contributed by atoms with Gasteiger partial charge in [-0.1, -0.05) is 0 Å². The molecule has 1 fully saturated rings. The lowest BCUT2D eigenvalue weighted by molar-refractivity contribution is 0.234. The van der Waals surface area contributed by atoms with Crippen molar-refractivity contribution in [3.05, 3.63) is 11.9 Å². The summed E-state index contributed by atoms with van der Waals surface area (Å²) < 4.78 is 0. The van der Waals surface area contributed by atoms with Crippen molar-refractivity contribution < 1.29 is 5.11 Å². The third kappa shape index (κ3) is 3.32. The fraction of sp³-hybridized carbons (Fsp3) is 0.692. The number of nitrogens with one attached hydrogen (secondary N) is 2. The Balaban J connectivity index is 2.22. The van der Waals surface area contributed by atoms with Crippen LogP contribution in [0.1, 0.15) is 45.4 Å². The molecule has 3 N–H and O–H groups in total. The van der Waals surface area contributed by atoms with Crippen molar-refractivity contribution in [2.75, 3.05) is 23.8 Å². The lowest BCUT2D eigenvalue weighted by Gasteiger charge is -2.24. The zero-order valence-corrected chi connectivity index (χ0v) is 11.3. The van der Waals surface area contributed by atoms with Gasteiger partial charge in [-0.2, -0.15) is 0 Å². The number of hydrogen-bond donors (Lipinski definition) is 3. The molecule has 2 rings (SSSR count). The van der Waals surface area contributed by atoms with E-state index >= 15 is 0 Å². The van der Waals surface area contributed by atoms with Crippen LogP contribution < -0.4 is 10.6 Å². The lowest BCUT2D eigenvalue weighted by atomic mass is 10.1. The maximum atomic E-state index is 9.30. The maximum Gasteiger partial charge on any atom is 0.136 e. The molecule has 18 heavy (non-hydrogen) atoms. The van der Waals surface area contributed by atoms with Gasteiger partial charge in [0.05, 0.1) is 12.1 Å². The topological polar surface area (TPSA) is 70.1 Å². The van der Waals surface area contributed by atoms with Crippen molar-refractivity contribution in [2.24, 2.45) is 0 Å². The summed E-state index contributed by atoms with van der Waals surface area (Å²) in [7, 11) is 0. The van der Waals surface area contributed by atoms with E-state index < -0.39 is 0 Å². The van der Waals surface area contributed by atoms with Gasteiger partial charge in [0.25, 0.3) is 0 Å². The SMILES string of the molecule is CCNc1cc(NC(C)(C)CO)nc(C2CC2)n1. The molecular weight excluding hydrogens is 228 g/mol. The first-order valence-corrected chi connectivity index (χ1v) is 6.56. The van der Waals surface area contributed by atoms with Crippen molar-refractivity contribution >= 4 is 11.6 Å². The average Bonchev–Trinajstić information content (AvgIpc) is 3.12. The molecule has 0 bridgehead atoms. The van der Waals surface area contributed by atoms with Gasteiger partial charge in [-0.15, -0.1) is 0 Å². The van der Waals surface area contributed by atoms with Crippen molar-refractivity contribution in [3.63, 3.8) is 0 Å². The molecule has 1 aromatic rings. The highest BCUT2D eigenvalue weighted by Crippen LogP contribution is 2.39. The predicted molar refractivity (Wildman–Crippen MR) is 73.0 cm³/mol. The van der Waals surface area contributed by atoms with Gasteiger partial charge < -0.3 is 15.7 Å². The Kier molecular flexibility index (Phi) is 3.71. The molecule has 1 saturated carbocycles. The Bertz CT molecular complexity index is 415. The molecule has 5 nitrogen and oxygen atoms in total. The van der Waals surface area contributed by atoms with Crippen molar-refractivity contribution in [1.82, 2.24) is 9.97 Å². The summed E-state index contributed by atoms with van der Waals surface area (Å²) >= 11 is 0. The van der Waals surface area contributed by atoms with Crippen LogP contribution in [-0.2, 0) is 0 Å². The molecule has 5 heteroatoms. The van der Waals surface area contributed by atoms with E-state index in [1.54, 1.807) is 0 Å². The van der Waals surface area contributed by atoms with Gasteiger partial charge in [-0.3, -0.25) is 0 Å². The molecule has 100 valence electrons. The van der Waals surface area contributed by atoms with Gasteiger partial charge in [0, 0.05) is 18.5 Å². The van der Waals surface area contributed by atoms with E-state index in [9.17, 15) is 5.11 Å². The summed E-state index contributed by atoms with van der Waals surface area (Å²) in [5.41, 5.74) is -0.376. The summed E-state index contributed by atoms with van der Waals surface area (Å²) in [6, 6.07) is 1.90. The molecule has 0 spiro atoms. The van der Waals surface area contributed by atoms with Crippen LogP contribution in [0.4, 0.5) is 11.6 Å². The lowest BCUT2D eigenvalue weighted by Crippen LogP contribution is -2.35. The number of aromatic nitrogens is 2. The van der Waals surface area contributed by atoms with Gasteiger partial charge in [-0.25, -0.2) is 9.97 Å². The largest absolute Gasteiger partial charge is 0.394 e. The molecule has 0 aromatic carbocycles. The van der Waals surface area contributed by atoms with Crippen molar-refractivity contribution in [3.8, 4) is 0 Å². The molecule has 1 heterocycles. The van der Waals surface area contributed by atoms with Crippen molar-refractivity contribution in [1.29, 1.82) is 0 Å². The van der Waals surface area contributed by atoms with Crippen LogP contribution in [0.2, 0.25) is 0 Å². The first-order chi connectivity index (χ1) is 8.54. The highest BCUT2D eigenvalue weighted by atomic mass is 16.3. The second-order valence-electron chi connectivity index (χ2n) is 5.47. The van der Waals surface area contributed by atoms with Gasteiger partial charge in [0.15, 0.2) is 0 Å². The molecule has 0 saturated heterocycles. The normalized spacial score (nSPS) is 15.6. The van der Waals surface area contributed by atoms with E-state index in [-0.39, 0.29) is 12.1 Å². The summed E-state index contributed by atoms with van der Waals surface area (Å²) in [4.78, 5) is 9.05. The zero-order valence-electron chi connectivity index (χ0n) is 11.3. The fourth-order valence-corrected chi connectivity index (χ4v) is 1.71. The number of aliphatic hydroxyl groups is 1. The monoisotopic (exact) mass is 250 g/mol. The highest BCUT2D eigenvalue weighted by molar-refractivity contribution is 5.49. The first-order valence-electron chi connectivity index (χ1n) is 6.56. The molecule has 0 radical (unpaired) electrons.